The van der Waals surface area contributed by atoms with Crippen LogP contribution in [-0.4, -0.2) is 32.6 Å². The van der Waals surface area contributed by atoms with Gasteiger partial charge in [0.2, 0.25) is 0 Å². The van der Waals surface area contributed by atoms with Gasteiger partial charge in [0.05, 0.1) is 15.9 Å². The van der Waals surface area contributed by atoms with E-state index in [-0.39, 0.29) is 27.4 Å². The van der Waals surface area contributed by atoms with Gasteiger partial charge in [-0.2, -0.15) is 8.78 Å². The largest absolute Gasteiger partial charge is 0.431 e. The van der Waals surface area contributed by atoms with Crippen molar-refractivity contribution in [3.8, 4) is 5.75 Å². The summed E-state index contributed by atoms with van der Waals surface area (Å²) in [7, 11) is -3.19. The lowest BCUT2D eigenvalue weighted by molar-refractivity contribution is -0.0498. The molecule has 4 nitrogen and oxygen atoms in total. The predicted octanol–water partition coefficient (Wildman–Crippen LogP) is 3.94. The molecule has 0 aliphatic carbocycles. The van der Waals surface area contributed by atoms with Gasteiger partial charge in [-0.05, 0) is 35.0 Å². The number of ether oxygens (including phenoxy) is 1. The minimum Gasteiger partial charge on any atom is -0.431 e. The molecule has 21 heavy (non-hydrogen) atoms. The third-order valence-corrected chi connectivity index (χ3v) is 5.26. The molecule has 1 aromatic rings. The number of sulfone groups is 1. The van der Waals surface area contributed by atoms with Crippen LogP contribution in [-0.2, 0) is 9.84 Å². The Morgan fingerprint density at radius 3 is 2.57 bits per heavy atom. The van der Waals surface area contributed by atoms with Crippen molar-refractivity contribution >= 4 is 43.1 Å². The maximum atomic E-state index is 12.4. The fourth-order valence-corrected chi connectivity index (χ4v) is 3.67. The van der Waals surface area contributed by atoms with E-state index in [0.29, 0.717) is 5.02 Å². The van der Waals surface area contributed by atoms with Crippen LogP contribution in [0.15, 0.2) is 16.6 Å². The van der Waals surface area contributed by atoms with Crippen LogP contribution in [0.2, 0.25) is 5.02 Å². The second kappa shape index (κ2) is 7.60. The molecule has 0 aliphatic rings. The first kappa shape index (κ1) is 18.4. The van der Waals surface area contributed by atoms with E-state index in [1.54, 1.807) is 13.8 Å². The third kappa shape index (κ3) is 5.96. The van der Waals surface area contributed by atoms with Gasteiger partial charge < -0.3 is 10.1 Å². The van der Waals surface area contributed by atoms with Crippen molar-refractivity contribution in [3.05, 3.63) is 21.6 Å². The van der Waals surface area contributed by atoms with E-state index in [1.165, 1.54) is 12.1 Å². The SMILES string of the molecule is CCS(=O)(=O)CC(C)Nc1cc(Cl)cc(Br)c1OC(F)F. The Kier molecular flexibility index (Phi) is 6.68. The molecule has 0 aromatic heterocycles. The van der Waals surface area contributed by atoms with E-state index < -0.39 is 22.5 Å². The Labute approximate surface area is 135 Å². The van der Waals surface area contributed by atoms with Crippen molar-refractivity contribution in [2.75, 3.05) is 16.8 Å². The standard InChI is InChI=1S/C12H15BrClF2NO3S/c1-3-21(18,19)6-7(2)17-10-5-8(14)4-9(13)11(10)20-12(15)16/h4-5,7,12,17H,3,6H2,1-2H3. The average Bonchev–Trinajstić information content (AvgIpc) is 2.32. The zero-order chi connectivity index (χ0) is 16.2. The molecule has 1 atom stereocenters. The molecule has 1 N–H and O–H groups in total. The molecule has 0 amide bonds. The predicted molar refractivity (Wildman–Crippen MR) is 83.2 cm³/mol. The first-order valence-corrected chi connectivity index (χ1v) is 9.04. The molecule has 0 spiro atoms. The van der Waals surface area contributed by atoms with Gasteiger partial charge in [0, 0.05) is 16.8 Å². The fourth-order valence-electron chi connectivity index (χ4n) is 1.68. The topological polar surface area (TPSA) is 55.4 Å². The summed E-state index contributed by atoms with van der Waals surface area (Å²) in [5, 5.41) is 3.14. The highest BCUT2D eigenvalue weighted by molar-refractivity contribution is 9.10. The van der Waals surface area contributed by atoms with Crippen LogP contribution in [0, 0.1) is 0 Å². The molecule has 0 saturated heterocycles. The minimum absolute atomic E-state index is 0.0126. The number of alkyl halides is 2. The number of halogens is 4. The number of benzene rings is 1. The number of nitrogens with one attached hydrogen (secondary N) is 1. The zero-order valence-corrected chi connectivity index (χ0v) is 14.5. The summed E-state index contributed by atoms with van der Waals surface area (Å²) >= 11 is 8.96. The maximum absolute atomic E-state index is 12.4. The van der Waals surface area contributed by atoms with Gasteiger partial charge in [-0.3, -0.25) is 0 Å². The Hall–Kier alpha value is -0.600. The lowest BCUT2D eigenvalue weighted by Crippen LogP contribution is -2.27. The molecular formula is C12H15BrClF2NO3S. The zero-order valence-electron chi connectivity index (χ0n) is 11.4. The highest BCUT2D eigenvalue weighted by Crippen LogP contribution is 2.37. The van der Waals surface area contributed by atoms with Gasteiger partial charge in [-0.15, -0.1) is 0 Å². The lowest BCUT2D eigenvalue weighted by atomic mass is 10.2. The van der Waals surface area contributed by atoms with Crippen molar-refractivity contribution in [2.45, 2.75) is 26.5 Å². The van der Waals surface area contributed by atoms with Crippen LogP contribution in [0.3, 0.4) is 0 Å². The Balaban J connectivity index is 3.01. The van der Waals surface area contributed by atoms with Gasteiger partial charge in [0.15, 0.2) is 15.6 Å². The smallest absolute Gasteiger partial charge is 0.387 e. The molecule has 1 rings (SSSR count). The average molecular weight is 407 g/mol. The molecule has 1 aromatic carbocycles. The minimum atomic E-state index is -3.19. The molecule has 0 radical (unpaired) electrons. The van der Waals surface area contributed by atoms with Crippen molar-refractivity contribution in [2.24, 2.45) is 0 Å². The second-order valence-electron chi connectivity index (χ2n) is 4.39. The van der Waals surface area contributed by atoms with Crippen LogP contribution < -0.4 is 10.1 Å². The Morgan fingerprint density at radius 1 is 1.43 bits per heavy atom. The molecule has 0 bridgehead atoms. The van der Waals surface area contributed by atoms with E-state index in [0.717, 1.165) is 0 Å². The van der Waals surface area contributed by atoms with Gasteiger partial charge in [0.1, 0.15) is 0 Å². The summed E-state index contributed by atoms with van der Waals surface area (Å²) in [6.07, 6.45) is 0. The molecule has 1 unspecified atom stereocenters. The summed E-state index contributed by atoms with van der Waals surface area (Å²) < 4.78 is 52.7. The summed E-state index contributed by atoms with van der Waals surface area (Å²) in [6, 6.07) is 2.33. The Morgan fingerprint density at radius 2 is 2.05 bits per heavy atom. The quantitative estimate of drug-likeness (QED) is 0.745. The third-order valence-electron chi connectivity index (χ3n) is 2.56. The molecule has 0 fully saturated rings. The van der Waals surface area contributed by atoms with E-state index in [1.807, 2.05) is 0 Å². The number of hydrogen-bond donors (Lipinski definition) is 1. The normalized spacial score (nSPS) is 13.3. The summed E-state index contributed by atoms with van der Waals surface area (Å²) in [5.41, 5.74) is 0.202. The molecule has 0 heterocycles. The first-order valence-electron chi connectivity index (χ1n) is 6.05. The van der Waals surface area contributed by atoms with E-state index in [4.69, 9.17) is 11.6 Å². The van der Waals surface area contributed by atoms with Crippen molar-refractivity contribution in [1.82, 2.24) is 0 Å². The highest BCUT2D eigenvalue weighted by atomic mass is 79.9. The van der Waals surface area contributed by atoms with Crippen molar-refractivity contribution in [1.29, 1.82) is 0 Å². The lowest BCUT2D eigenvalue weighted by Gasteiger charge is -2.19. The van der Waals surface area contributed by atoms with E-state index >= 15 is 0 Å². The van der Waals surface area contributed by atoms with Crippen LogP contribution >= 0.6 is 27.5 Å². The molecule has 0 saturated carbocycles. The van der Waals surface area contributed by atoms with E-state index in [2.05, 4.69) is 26.0 Å². The first-order chi connectivity index (χ1) is 9.64. The van der Waals surface area contributed by atoms with Crippen molar-refractivity contribution < 1.29 is 21.9 Å². The highest BCUT2D eigenvalue weighted by Gasteiger charge is 2.19. The summed E-state index contributed by atoms with van der Waals surface area (Å²) in [6.45, 7) is 0.176. The number of hydrogen-bond acceptors (Lipinski definition) is 4. The Bertz CT molecular complexity index is 598. The van der Waals surface area contributed by atoms with Crippen LogP contribution in [0.5, 0.6) is 5.75 Å². The molecule has 0 aliphatic heterocycles. The van der Waals surface area contributed by atoms with Gasteiger partial charge in [-0.1, -0.05) is 18.5 Å². The number of anilines is 1. The monoisotopic (exact) mass is 405 g/mol. The van der Waals surface area contributed by atoms with Crippen LogP contribution in [0.25, 0.3) is 0 Å². The fraction of sp³-hybridized carbons (Fsp3) is 0.500. The van der Waals surface area contributed by atoms with Crippen LogP contribution in [0.4, 0.5) is 14.5 Å². The van der Waals surface area contributed by atoms with Gasteiger partial charge >= 0.3 is 6.61 Å². The van der Waals surface area contributed by atoms with Crippen LogP contribution in [0.1, 0.15) is 13.8 Å². The summed E-state index contributed by atoms with van der Waals surface area (Å²) in [5.74, 6) is -0.226. The second-order valence-corrected chi connectivity index (χ2v) is 8.08. The van der Waals surface area contributed by atoms with Crippen molar-refractivity contribution in [3.63, 3.8) is 0 Å². The summed E-state index contributed by atoms with van der Waals surface area (Å²) in [4.78, 5) is 0. The molecule has 120 valence electrons. The molecule has 9 heteroatoms. The van der Waals surface area contributed by atoms with E-state index in [9.17, 15) is 17.2 Å². The van der Waals surface area contributed by atoms with Gasteiger partial charge in [-0.25, -0.2) is 8.42 Å². The number of rotatable bonds is 7. The van der Waals surface area contributed by atoms with Gasteiger partial charge in [0.25, 0.3) is 0 Å². The molecular weight excluding hydrogens is 392 g/mol. The maximum Gasteiger partial charge on any atom is 0.387 e.